The topological polar surface area (TPSA) is 72.5 Å². The number of hydrogen-bond acceptors (Lipinski definition) is 5. The molecule has 3 unspecified atom stereocenters. The van der Waals surface area contributed by atoms with Crippen molar-refractivity contribution in [2.75, 3.05) is 0 Å². The Kier molecular flexibility index (Phi) is 6.15. The number of esters is 1. The molecule has 7 heteroatoms. The minimum atomic E-state index is -3.82. The van der Waals surface area contributed by atoms with Crippen molar-refractivity contribution in [3.63, 3.8) is 0 Å². The Morgan fingerprint density at radius 2 is 1.55 bits per heavy atom. The van der Waals surface area contributed by atoms with E-state index in [0.717, 1.165) is 5.56 Å². The van der Waals surface area contributed by atoms with Crippen molar-refractivity contribution < 1.29 is 22.3 Å². The first-order valence-corrected chi connectivity index (χ1v) is 11.5. The van der Waals surface area contributed by atoms with E-state index in [9.17, 15) is 17.6 Å². The van der Waals surface area contributed by atoms with Gasteiger partial charge in [0, 0.05) is 5.56 Å². The van der Waals surface area contributed by atoms with Crippen molar-refractivity contribution in [3.05, 3.63) is 102 Å². The maximum absolute atomic E-state index is 14.6. The molecule has 3 aromatic rings. The Balaban J connectivity index is 1.61. The van der Waals surface area contributed by atoms with E-state index in [1.54, 1.807) is 30.3 Å². The molecule has 0 spiro atoms. The van der Waals surface area contributed by atoms with E-state index < -0.39 is 39.0 Å². The highest BCUT2D eigenvalue weighted by atomic mass is 32.2. The van der Waals surface area contributed by atoms with Crippen LogP contribution in [0.1, 0.15) is 23.6 Å². The standard InChI is InChI=1S/C24H22FNO4S/c25-20-14-8-7-13-19(20)23-22(31(28,29)18-11-5-2-6-12-18)15-21(26-23)24(27)30-16-17-9-3-1-4-10-17/h1-14,21-23,26H,15-16H2. The van der Waals surface area contributed by atoms with Crippen molar-refractivity contribution in [1.82, 2.24) is 5.32 Å². The van der Waals surface area contributed by atoms with Crippen LogP contribution in [-0.2, 0) is 26.0 Å². The van der Waals surface area contributed by atoms with Gasteiger partial charge in [-0.05, 0) is 30.2 Å². The van der Waals surface area contributed by atoms with Gasteiger partial charge in [0.25, 0.3) is 0 Å². The van der Waals surface area contributed by atoms with E-state index in [2.05, 4.69) is 5.32 Å². The number of ether oxygens (including phenoxy) is 1. The second kappa shape index (κ2) is 8.99. The molecule has 0 amide bonds. The first-order valence-electron chi connectivity index (χ1n) is 9.97. The van der Waals surface area contributed by atoms with Gasteiger partial charge in [-0.3, -0.25) is 10.1 Å². The number of rotatable bonds is 6. The van der Waals surface area contributed by atoms with Crippen LogP contribution in [-0.4, -0.2) is 25.7 Å². The molecule has 0 aliphatic carbocycles. The predicted molar refractivity (Wildman–Crippen MR) is 114 cm³/mol. The van der Waals surface area contributed by atoms with Crippen molar-refractivity contribution in [1.29, 1.82) is 0 Å². The van der Waals surface area contributed by atoms with Gasteiger partial charge >= 0.3 is 5.97 Å². The first kappa shape index (κ1) is 21.2. The number of carbonyl (C=O) groups is 1. The molecule has 0 bridgehead atoms. The number of carbonyl (C=O) groups excluding carboxylic acids is 1. The quantitative estimate of drug-likeness (QED) is 0.592. The lowest BCUT2D eigenvalue weighted by atomic mass is 10.0. The summed E-state index contributed by atoms with van der Waals surface area (Å²) in [5.74, 6) is -1.08. The van der Waals surface area contributed by atoms with Crippen LogP contribution in [0, 0.1) is 5.82 Å². The molecule has 1 aliphatic rings. The fourth-order valence-electron chi connectivity index (χ4n) is 3.86. The molecule has 1 N–H and O–H groups in total. The lowest BCUT2D eigenvalue weighted by molar-refractivity contribution is -0.147. The second-order valence-corrected chi connectivity index (χ2v) is 9.61. The minimum absolute atomic E-state index is 0.0101. The number of nitrogens with one attached hydrogen (secondary N) is 1. The van der Waals surface area contributed by atoms with Crippen LogP contribution in [0.3, 0.4) is 0 Å². The van der Waals surface area contributed by atoms with Crippen LogP contribution in [0.5, 0.6) is 0 Å². The molecular formula is C24H22FNO4S. The zero-order valence-corrected chi connectivity index (χ0v) is 17.5. The SMILES string of the molecule is O=C(OCc1ccccc1)C1CC(S(=O)(=O)c2ccccc2)C(c2ccccc2F)N1. The van der Waals surface area contributed by atoms with Crippen LogP contribution >= 0.6 is 0 Å². The van der Waals surface area contributed by atoms with E-state index in [-0.39, 0.29) is 23.5 Å². The lowest BCUT2D eigenvalue weighted by Gasteiger charge is -2.21. The first-order chi connectivity index (χ1) is 15.0. The number of sulfone groups is 1. The second-order valence-electron chi connectivity index (χ2n) is 7.44. The maximum atomic E-state index is 14.6. The maximum Gasteiger partial charge on any atom is 0.323 e. The Hall–Kier alpha value is -3.03. The van der Waals surface area contributed by atoms with Crippen molar-refractivity contribution >= 4 is 15.8 Å². The van der Waals surface area contributed by atoms with Crippen LogP contribution in [0.15, 0.2) is 89.8 Å². The van der Waals surface area contributed by atoms with E-state index in [4.69, 9.17) is 4.74 Å². The third kappa shape index (κ3) is 4.52. The summed E-state index contributed by atoms with van der Waals surface area (Å²) in [5.41, 5.74) is 1.04. The molecule has 4 rings (SSSR count). The van der Waals surface area contributed by atoms with Crippen LogP contribution in [0.4, 0.5) is 4.39 Å². The molecule has 1 fully saturated rings. The smallest absolute Gasteiger partial charge is 0.323 e. The fraction of sp³-hybridized carbons (Fsp3) is 0.208. The highest BCUT2D eigenvalue weighted by molar-refractivity contribution is 7.92. The Labute approximate surface area is 180 Å². The van der Waals surface area contributed by atoms with Gasteiger partial charge < -0.3 is 4.74 Å². The van der Waals surface area contributed by atoms with Gasteiger partial charge in [-0.25, -0.2) is 12.8 Å². The molecule has 1 heterocycles. The third-order valence-corrected chi connectivity index (χ3v) is 7.63. The van der Waals surface area contributed by atoms with Crippen LogP contribution < -0.4 is 5.32 Å². The Morgan fingerprint density at radius 3 is 2.23 bits per heavy atom. The molecule has 160 valence electrons. The average Bonchev–Trinajstić information content (AvgIpc) is 3.25. The summed E-state index contributed by atoms with van der Waals surface area (Å²) in [6, 6.07) is 21.5. The largest absolute Gasteiger partial charge is 0.460 e. The van der Waals surface area contributed by atoms with Crippen molar-refractivity contribution in [2.45, 2.75) is 35.3 Å². The zero-order valence-electron chi connectivity index (χ0n) is 16.6. The molecule has 0 aromatic heterocycles. The Morgan fingerprint density at radius 1 is 0.935 bits per heavy atom. The van der Waals surface area contributed by atoms with E-state index in [1.165, 1.54) is 24.3 Å². The predicted octanol–water partition coefficient (Wildman–Crippen LogP) is 3.81. The summed E-state index contributed by atoms with van der Waals surface area (Å²) < 4.78 is 46.7. The monoisotopic (exact) mass is 439 g/mol. The van der Waals surface area contributed by atoms with E-state index >= 15 is 0 Å². The van der Waals surface area contributed by atoms with Gasteiger partial charge in [0.05, 0.1) is 16.2 Å². The summed E-state index contributed by atoms with van der Waals surface area (Å²) in [6.07, 6.45) is -0.0101. The normalized spacial score (nSPS) is 21.0. The molecule has 1 saturated heterocycles. The van der Waals surface area contributed by atoms with Gasteiger partial charge in [0.2, 0.25) is 0 Å². The highest BCUT2D eigenvalue weighted by Crippen LogP contribution is 2.36. The molecule has 5 nitrogen and oxygen atoms in total. The number of benzene rings is 3. The van der Waals surface area contributed by atoms with Gasteiger partial charge in [0.1, 0.15) is 18.5 Å². The van der Waals surface area contributed by atoms with Crippen molar-refractivity contribution in [3.8, 4) is 0 Å². The van der Waals surface area contributed by atoms with Crippen LogP contribution in [0.25, 0.3) is 0 Å². The average molecular weight is 440 g/mol. The Bertz CT molecular complexity index is 1150. The molecule has 3 aromatic carbocycles. The molecule has 31 heavy (non-hydrogen) atoms. The van der Waals surface area contributed by atoms with Gasteiger partial charge in [-0.15, -0.1) is 0 Å². The van der Waals surface area contributed by atoms with Gasteiger partial charge in [-0.2, -0.15) is 0 Å². The summed E-state index contributed by atoms with van der Waals surface area (Å²) in [4.78, 5) is 12.9. The third-order valence-electron chi connectivity index (χ3n) is 5.44. The summed E-state index contributed by atoms with van der Waals surface area (Å²) >= 11 is 0. The van der Waals surface area contributed by atoms with E-state index in [0.29, 0.717) is 0 Å². The van der Waals surface area contributed by atoms with Gasteiger partial charge in [0.15, 0.2) is 9.84 Å². The minimum Gasteiger partial charge on any atom is -0.460 e. The summed E-state index contributed by atoms with van der Waals surface area (Å²) in [6.45, 7) is 0.0817. The molecule has 0 radical (unpaired) electrons. The highest BCUT2D eigenvalue weighted by Gasteiger charge is 2.46. The number of halogens is 1. The van der Waals surface area contributed by atoms with Gasteiger partial charge in [-0.1, -0.05) is 66.7 Å². The summed E-state index contributed by atoms with van der Waals surface area (Å²) in [5, 5.41) is 2.00. The fourth-order valence-corrected chi connectivity index (χ4v) is 5.78. The lowest BCUT2D eigenvalue weighted by Crippen LogP contribution is -2.34. The zero-order chi connectivity index (χ0) is 21.8. The summed E-state index contributed by atoms with van der Waals surface area (Å²) in [7, 11) is -3.82. The number of hydrogen-bond donors (Lipinski definition) is 1. The van der Waals surface area contributed by atoms with E-state index in [1.807, 2.05) is 30.3 Å². The molecular weight excluding hydrogens is 417 g/mol. The molecule has 0 saturated carbocycles. The molecule has 1 aliphatic heterocycles. The van der Waals surface area contributed by atoms with Crippen molar-refractivity contribution in [2.24, 2.45) is 0 Å². The van der Waals surface area contributed by atoms with Crippen LogP contribution in [0.2, 0.25) is 0 Å². The molecule has 3 atom stereocenters.